The lowest BCUT2D eigenvalue weighted by Crippen LogP contribution is -2.05. The first-order valence-electron chi connectivity index (χ1n) is 6.47. The van der Waals surface area contributed by atoms with E-state index in [-0.39, 0.29) is 0 Å². The van der Waals surface area contributed by atoms with Crippen LogP contribution in [0.1, 0.15) is 28.7 Å². The average molecular weight is 265 g/mol. The van der Waals surface area contributed by atoms with Crippen LogP contribution < -0.4 is 0 Å². The summed E-state index contributed by atoms with van der Waals surface area (Å²) < 4.78 is 0. The minimum absolute atomic E-state index is 0.412. The van der Waals surface area contributed by atoms with Crippen LogP contribution in [0.2, 0.25) is 0 Å². The maximum absolute atomic E-state index is 10.4. The minimum Gasteiger partial charge on any atom is -0.380 e. The zero-order valence-corrected chi connectivity index (χ0v) is 11.4. The molecule has 100 valence electrons. The van der Waals surface area contributed by atoms with Crippen LogP contribution in [0, 0.1) is 13.8 Å². The number of aliphatic hydroxyl groups is 1. The van der Waals surface area contributed by atoms with Crippen LogP contribution in [0.15, 0.2) is 42.7 Å². The number of rotatable bonds is 2. The van der Waals surface area contributed by atoms with Gasteiger partial charge in [-0.15, -0.1) is 0 Å². The van der Waals surface area contributed by atoms with Gasteiger partial charge in [-0.2, -0.15) is 0 Å². The molecule has 0 fully saturated rings. The summed E-state index contributed by atoms with van der Waals surface area (Å²) in [5.41, 5.74) is 3.64. The van der Waals surface area contributed by atoms with Crippen molar-refractivity contribution in [1.29, 1.82) is 0 Å². The molecule has 0 saturated carbocycles. The Bertz CT molecular complexity index is 753. The van der Waals surface area contributed by atoms with E-state index >= 15 is 0 Å². The fourth-order valence-electron chi connectivity index (χ4n) is 2.11. The fourth-order valence-corrected chi connectivity index (χ4v) is 2.11. The molecule has 0 amide bonds. The normalized spacial score (nSPS) is 12.6. The number of aromatic nitrogens is 3. The molecule has 0 saturated heterocycles. The number of fused-ring (bicyclic) bond motifs is 1. The Morgan fingerprint density at radius 1 is 1.00 bits per heavy atom. The molecule has 2 aromatic heterocycles. The zero-order chi connectivity index (χ0) is 14.1. The largest absolute Gasteiger partial charge is 0.380 e. The summed E-state index contributed by atoms with van der Waals surface area (Å²) >= 11 is 0. The number of aryl methyl sites for hydroxylation is 2. The Labute approximate surface area is 117 Å². The third kappa shape index (κ3) is 2.38. The molecular weight excluding hydrogens is 250 g/mol. The molecule has 0 aliphatic heterocycles. The van der Waals surface area contributed by atoms with Crippen molar-refractivity contribution in [3.8, 4) is 0 Å². The van der Waals surface area contributed by atoms with Crippen molar-refractivity contribution in [1.82, 2.24) is 15.0 Å². The highest BCUT2D eigenvalue weighted by atomic mass is 16.3. The van der Waals surface area contributed by atoms with E-state index in [1.54, 1.807) is 12.4 Å². The highest BCUT2D eigenvalue weighted by molar-refractivity contribution is 5.79. The lowest BCUT2D eigenvalue weighted by molar-refractivity contribution is 0.210. The van der Waals surface area contributed by atoms with Gasteiger partial charge in [0.1, 0.15) is 6.10 Å². The molecule has 2 heterocycles. The van der Waals surface area contributed by atoms with Gasteiger partial charge in [-0.3, -0.25) is 4.98 Å². The van der Waals surface area contributed by atoms with Crippen molar-refractivity contribution in [3.05, 3.63) is 65.4 Å². The molecule has 4 heteroatoms. The lowest BCUT2D eigenvalue weighted by Gasteiger charge is -2.10. The van der Waals surface area contributed by atoms with Gasteiger partial charge in [-0.25, -0.2) is 9.97 Å². The van der Waals surface area contributed by atoms with Crippen LogP contribution in [0.4, 0.5) is 0 Å². The SMILES string of the molecule is Cc1cnc(C(O)c2ccc3nc(C)ccc3c2)nc1. The van der Waals surface area contributed by atoms with Gasteiger partial charge in [0, 0.05) is 23.5 Å². The van der Waals surface area contributed by atoms with Crippen LogP contribution in [0.5, 0.6) is 0 Å². The van der Waals surface area contributed by atoms with Crippen LogP contribution in [-0.4, -0.2) is 20.1 Å². The highest BCUT2D eigenvalue weighted by Crippen LogP contribution is 2.22. The first-order chi connectivity index (χ1) is 9.63. The van der Waals surface area contributed by atoms with E-state index in [2.05, 4.69) is 15.0 Å². The Hall–Kier alpha value is -2.33. The van der Waals surface area contributed by atoms with E-state index in [0.717, 1.165) is 27.7 Å². The smallest absolute Gasteiger partial charge is 0.161 e. The molecule has 4 nitrogen and oxygen atoms in total. The quantitative estimate of drug-likeness (QED) is 0.774. The highest BCUT2D eigenvalue weighted by Gasteiger charge is 2.13. The zero-order valence-electron chi connectivity index (χ0n) is 11.4. The maximum atomic E-state index is 10.4. The molecular formula is C16H15N3O. The topological polar surface area (TPSA) is 58.9 Å². The fraction of sp³-hybridized carbons (Fsp3) is 0.188. The van der Waals surface area contributed by atoms with E-state index in [1.807, 2.05) is 44.2 Å². The Balaban J connectivity index is 2.01. The standard InChI is InChI=1S/C16H15N3O/c1-10-8-17-16(18-9-10)15(20)13-5-6-14-12(7-13)4-3-11(2)19-14/h3-9,15,20H,1-2H3. The molecule has 0 aliphatic rings. The number of hydrogen-bond donors (Lipinski definition) is 1. The van der Waals surface area contributed by atoms with Gasteiger partial charge in [0.05, 0.1) is 5.52 Å². The predicted octanol–water partition coefficient (Wildman–Crippen LogP) is 2.72. The molecule has 1 aromatic carbocycles. The van der Waals surface area contributed by atoms with Crippen LogP contribution in [0.25, 0.3) is 10.9 Å². The monoisotopic (exact) mass is 265 g/mol. The second-order valence-corrected chi connectivity index (χ2v) is 4.93. The van der Waals surface area contributed by atoms with Crippen molar-refractivity contribution in [3.63, 3.8) is 0 Å². The van der Waals surface area contributed by atoms with Crippen molar-refractivity contribution >= 4 is 10.9 Å². The molecule has 0 radical (unpaired) electrons. The van der Waals surface area contributed by atoms with Crippen molar-refractivity contribution < 1.29 is 5.11 Å². The van der Waals surface area contributed by atoms with E-state index in [9.17, 15) is 5.11 Å². The number of hydrogen-bond acceptors (Lipinski definition) is 4. The molecule has 0 spiro atoms. The summed E-state index contributed by atoms with van der Waals surface area (Å²) in [4.78, 5) is 12.8. The van der Waals surface area contributed by atoms with E-state index in [1.165, 1.54) is 0 Å². The first kappa shape index (κ1) is 12.7. The number of aliphatic hydroxyl groups excluding tert-OH is 1. The minimum atomic E-state index is -0.818. The van der Waals surface area contributed by atoms with Crippen molar-refractivity contribution in [2.75, 3.05) is 0 Å². The molecule has 0 aliphatic carbocycles. The van der Waals surface area contributed by atoms with Gasteiger partial charge in [-0.1, -0.05) is 12.1 Å². The van der Waals surface area contributed by atoms with Gasteiger partial charge >= 0.3 is 0 Å². The second kappa shape index (κ2) is 4.98. The third-order valence-corrected chi connectivity index (χ3v) is 3.21. The van der Waals surface area contributed by atoms with Gasteiger partial charge in [0.15, 0.2) is 5.82 Å². The van der Waals surface area contributed by atoms with Crippen LogP contribution in [0.3, 0.4) is 0 Å². The molecule has 1 unspecified atom stereocenters. The van der Waals surface area contributed by atoms with Crippen LogP contribution >= 0.6 is 0 Å². The summed E-state index contributed by atoms with van der Waals surface area (Å²) in [7, 11) is 0. The summed E-state index contributed by atoms with van der Waals surface area (Å²) in [6.07, 6.45) is 2.59. The molecule has 20 heavy (non-hydrogen) atoms. The first-order valence-corrected chi connectivity index (χ1v) is 6.47. The summed E-state index contributed by atoms with van der Waals surface area (Å²) in [6.45, 7) is 3.88. The molecule has 3 aromatic rings. The van der Waals surface area contributed by atoms with Gasteiger partial charge in [0.2, 0.25) is 0 Å². The number of benzene rings is 1. The number of nitrogens with zero attached hydrogens (tertiary/aromatic N) is 3. The van der Waals surface area contributed by atoms with E-state index in [4.69, 9.17) is 0 Å². The molecule has 1 atom stereocenters. The van der Waals surface area contributed by atoms with E-state index < -0.39 is 6.10 Å². The Morgan fingerprint density at radius 3 is 2.50 bits per heavy atom. The second-order valence-electron chi connectivity index (χ2n) is 4.93. The van der Waals surface area contributed by atoms with Gasteiger partial charge < -0.3 is 5.11 Å². The van der Waals surface area contributed by atoms with Gasteiger partial charge in [-0.05, 0) is 43.2 Å². The molecule has 1 N–H and O–H groups in total. The lowest BCUT2D eigenvalue weighted by atomic mass is 10.1. The van der Waals surface area contributed by atoms with Crippen LogP contribution in [-0.2, 0) is 0 Å². The Morgan fingerprint density at radius 2 is 1.75 bits per heavy atom. The van der Waals surface area contributed by atoms with E-state index in [0.29, 0.717) is 5.82 Å². The average Bonchev–Trinajstić information content (AvgIpc) is 2.47. The Kier molecular flexibility index (Phi) is 3.16. The summed E-state index contributed by atoms with van der Waals surface area (Å²) in [5, 5.41) is 11.4. The summed E-state index contributed by atoms with van der Waals surface area (Å²) in [5.74, 6) is 0.412. The summed E-state index contributed by atoms with van der Waals surface area (Å²) in [6, 6.07) is 9.66. The van der Waals surface area contributed by atoms with Gasteiger partial charge in [0.25, 0.3) is 0 Å². The van der Waals surface area contributed by atoms with Crippen molar-refractivity contribution in [2.45, 2.75) is 20.0 Å². The van der Waals surface area contributed by atoms with Crippen molar-refractivity contribution in [2.24, 2.45) is 0 Å². The molecule has 3 rings (SSSR count). The molecule has 0 bridgehead atoms. The third-order valence-electron chi connectivity index (χ3n) is 3.21. The predicted molar refractivity (Wildman–Crippen MR) is 77.3 cm³/mol. The maximum Gasteiger partial charge on any atom is 0.161 e. The number of pyridine rings is 1.